The van der Waals surface area contributed by atoms with Gasteiger partial charge in [-0.2, -0.15) is 8.78 Å². The fourth-order valence-corrected chi connectivity index (χ4v) is 4.48. The molecule has 1 aliphatic carbocycles. The summed E-state index contributed by atoms with van der Waals surface area (Å²) in [6.45, 7) is -1.51. The van der Waals surface area contributed by atoms with Crippen LogP contribution in [0.3, 0.4) is 0 Å². The number of carbonyl (C=O) groups excluding carboxylic acids is 3. The summed E-state index contributed by atoms with van der Waals surface area (Å²) in [7, 11) is 0. The quantitative estimate of drug-likeness (QED) is 0.441. The van der Waals surface area contributed by atoms with Crippen LogP contribution in [0.5, 0.6) is 5.75 Å². The summed E-state index contributed by atoms with van der Waals surface area (Å²) in [6.07, 6.45) is 5.07. The van der Waals surface area contributed by atoms with Gasteiger partial charge in [0.25, 0.3) is 5.91 Å². The standard InChI is InChI=1S/C22H21F2NO6S/c1-2-29-21(28)19-15-4-3-5-16(15)32-20(19)25-17(26)12-30-18(27)11-8-13-6-9-14(10-7-13)31-22(23)24/h6-11,22H,2-5,12H2,1H3,(H,25,26). The second kappa shape index (κ2) is 10.9. The first-order valence-electron chi connectivity index (χ1n) is 9.88. The zero-order valence-corrected chi connectivity index (χ0v) is 18.0. The van der Waals surface area contributed by atoms with Crippen molar-refractivity contribution in [3.63, 3.8) is 0 Å². The number of anilines is 1. The molecule has 1 aromatic heterocycles. The highest BCUT2D eigenvalue weighted by atomic mass is 32.1. The van der Waals surface area contributed by atoms with E-state index in [2.05, 4.69) is 10.1 Å². The molecule has 0 radical (unpaired) electrons. The lowest BCUT2D eigenvalue weighted by atomic mass is 10.1. The number of rotatable bonds is 9. The number of esters is 2. The highest BCUT2D eigenvalue weighted by Crippen LogP contribution is 2.39. The molecule has 2 aromatic rings. The number of fused-ring (bicyclic) bond motifs is 1. The lowest BCUT2D eigenvalue weighted by molar-refractivity contribution is -0.142. The maximum absolute atomic E-state index is 12.3. The van der Waals surface area contributed by atoms with Crippen LogP contribution in [0.4, 0.5) is 13.8 Å². The van der Waals surface area contributed by atoms with Crippen molar-refractivity contribution >= 4 is 40.3 Å². The average molecular weight is 465 g/mol. The average Bonchev–Trinajstić information content (AvgIpc) is 3.32. The summed E-state index contributed by atoms with van der Waals surface area (Å²) < 4.78 is 38.6. The number of carbonyl (C=O) groups is 3. The Labute approximate surface area is 187 Å². The number of aryl methyl sites for hydroxylation is 1. The molecule has 0 saturated heterocycles. The Balaban J connectivity index is 1.53. The first-order chi connectivity index (χ1) is 15.4. The lowest BCUT2D eigenvalue weighted by Gasteiger charge is -2.08. The number of alkyl halides is 2. The summed E-state index contributed by atoms with van der Waals surface area (Å²) >= 11 is 1.33. The largest absolute Gasteiger partial charge is 0.462 e. The highest BCUT2D eigenvalue weighted by Gasteiger charge is 2.28. The maximum Gasteiger partial charge on any atom is 0.387 e. The number of benzene rings is 1. The minimum Gasteiger partial charge on any atom is -0.462 e. The summed E-state index contributed by atoms with van der Waals surface area (Å²) in [4.78, 5) is 37.5. The molecular weight excluding hydrogens is 444 g/mol. The van der Waals surface area contributed by atoms with Crippen LogP contribution >= 0.6 is 11.3 Å². The molecular formula is C22H21F2NO6S. The first kappa shape index (κ1) is 23.4. The summed E-state index contributed by atoms with van der Waals surface area (Å²) in [5, 5.41) is 3.03. The van der Waals surface area contributed by atoms with Crippen LogP contribution in [0.2, 0.25) is 0 Å². The molecule has 1 heterocycles. The lowest BCUT2D eigenvalue weighted by Crippen LogP contribution is -2.21. The van der Waals surface area contributed by atoms with Gasteiger partial charge in [-0.05, 0) is 55.5 Å². The van der Waals surface area contributed by atoms with E-state index in [1.165, 1.54) is 41.7 Å². The van der Waals surface area contributed by atoms with E-state index in [1.54, 1.807) is 6.92 Å². The Morgan fingerprint density at radius 1 is 1.16 bits per heavy atom. The first-order valence-corrected chi connectivity index (χ1v) is 10.7. The second-order valence-corrected chi connectivity index (χ2v) is 7.82. The van der Waals surface area contributed by atoms with Gasteiger partial charge in [0.15, 0.2) is 6.61 Å². The molecule has 1 aliphatic rings. The normalized spacial score (nSPS) is 12.6. The minimum absolute atomic E-state index is 0.00172. The van der Waals surface area contributed by atoms with Gasteiger partial charge in [-0.15, -0.1) is 11.3 Å². The Bertz CT molecular complexity index is 1020. The predicted octanol–water partition coefficient (Wildman–Crippen LogP) is 4.21. The molecule has 1 aromatic carbocycles. The van der Waals surface area contributed by atoms with Crippen LogP contribution in [0.25, 0.3) is 6.08 Å². The Morgan fingerprint density at radius 3 is 2.59 bits per heavy atom. The van der Waals surface area contributed by atoms with Crippen molar-refractivity contribution in [3.05, 3.63) is 51.9 Å². The SMILES string of the molecule is CCOC(=O)c1c(NC(=O)COC(=O)C=Cc2ccc(OC(F)F)cc2)sc2c1CCC2. The van der Waals surface area contributed by atoms with Crippen molar-refractivity contribution in [2.24, 2.45) is 0 Å². The van der Waals surface area contributed by atoms with E-state index in [4.69, 9.17) is 9.47 Å². The highest BCUT2D eigenvalue weighted by molar-refractivity contribution is 7.17. The molecule has 7 nitrogen and oxygen atoms in total. The molecule has 0 saturated carbocycles. The van der Waals surface area contributed by atoms with Crippen LogP contribution < -0.4 is 10.1 Å². The van der Waals surface area contributed by atoms with Crippen molar-refractivity contribution < 1.29 is 37.4 Å². The van der Waals surface area contributed by atoms with E-state index in [0.717, 1.165) is 35.8 Å². The maximum atomic E-state index is 12.3. The molecule has 0 spiro atoms. The summed E-state index contributed by atoms with van der Waals surface area (Å²) in [6, 6.07) is 5.65. The van der Waals surface area contributed by atoms with E-state index in [0.29, 0.717) is 16.1 Å². The third-order valence-electron chi connectivity index (χ3n) is 4.52. The number of hydrogen-bond acceptors (Lipinski definition) is 7. The van der Waals surface area contributed by atoms with Gasteiger partial charge < -0.3 is 19.5 Å². The molecule has 170 valence electrons. The minimum atomic E-state index is -2.92. The summed E-state index contributed by atoms with van der Waals surface area (Å²) in [5.41, 5.74) is 1.84. The van der Waals surface area contributed by atoms with E-state index < -0.39 is 31.1 Å². The van der Waals surface area contributed by atoms with Crippen molar-refractivity contribution in [1.29, 1.82) is 0 Å². The number of hydrogen-bond donors (Lipinski definition) is 1. The van der Waals surface area contributed by atoms with Crippen LogP contribution in [0.15, 0.2) is 30.3 Å². The zero-order valence-electron chi connectivity index (χ0n) is 17.2. The van der Waals surface area contributed by atoms with E-state index in [-0.39, 0.29) is 12.4 Å². The Morgan fingerprint density at radius 2 is 1.91 bits per heavy atom. The van der Waals surface area contributed by atoms with Crippen LogP contribution in [0, 0.1) is 0 Å². The van der Waals surface area contributed by atoms with Crippen molar-refractivity contribution in [1.82, 2.24) is 0 Å². The Hall–Kier alpha value is -3.27. The topological polar surface area (TPSA) is 90.9 Å². The third kappa shape index (κ3) is 6.13. The van der Waals surface area contributed by atoms with Crippen molar-refractivity contribution in [2.75, 3.05) is 18.5 Å². The van der Waals surface area contributed by atoms with Crippen LogP contribution in [-0.2, 0) is 31.9 Å². The predicted molar refractivity (Wildman–Crippen MR) is 114 cm³/mol. The molecule has 0 bridgehead atoms. The van der Waals surface area contributed by atoms with Gasteiger partial charge >= 0.3 is 18.6 Å². The van der Waals surface area contributed by atoms with Gasteiger partial charge in [-0.3, -0.25) is 4.79 Å². The smallest absolute Gasteiger partial charge is 0.387 e. The molecule has 0 fully saturated rings. The van der Waals surface area contributed by atoms with Gasteiger partial charge in [-0.1, -0.05) is 12.1 Å². The zero-order chi connectivity index (χ0) is 23.1. The number of amides is 1. The molecule has 0 atom stereocenters. The summed E-state index contributed by atoms with van der Waals surface area (Å²) in [5.74, 6) is -1.82. The molecule has 3 rings (SSSR count). The number of ether oxygens (including phenoxy) is 3. The van der Waals surface area contributed by atoms with E-state index in [9.17, 15) is 23.2 Å². The second-order valence-electron chi connectivity index (χ2n) is 6.72. The van der Waals surface area contributed by atoms with Crippen molar-refractivity contribution in [2.45, 2.75) is 32.8 Å². The molecule has 32 heavy (non-hydrogen) atoms. The number of halogens is 2. The van der Waals surface area contributed by atoms with Crippen LogP contribution in [0.1, 0.15) is 39.7 Å². The van der Waals surface area contributed by atoms with E-state index in [1.807, 2.05) is 0 Å². The molecule has 0 unspecified atom stereocenters. The van der Waals surface area contributed by atoms with Gasteiger partial charge in [-0.25, -0.2) is 9.59 Å². The van der Waals surface area contributed by atoms with Crippen LogP contribution in [-0.4, -0.2) is 37.7 Å². The monoisotopic (exact) mass is 465 g/mol. The fourth-order valence-electron chi connectivity index (χ4n) is 3.18. The fraction of sp³-hybridized carbons (Fsp3) is 0.318. The molecule has 1 amide bonds. The van der Waals surface area contributed by atoms with Gasteiger partial charge in [0.05, 0.1) is 12.2 Å². The third-order valence-corrected chi connectivity index (χ3v) is 5.72. The molecule has 1 N–H and O–H groups in total. The number of nitrogens with one attached hydrogen (secondary N) is 1. The van der Waals surface area contributed by atoms with Gasteiger partial charge in [0.1, 0.15) is 10.8 Å². The Kier molecular flexibility index (Phi) is 7.93. The molecule has 0 aliphatic heterocycles. The van der Waals surface area contributed by atoms with E-state index >= 15 is 0 Å². The van der Waals surface area contributed by atoms with Gasteiger partial charge in [0.2, 0.25) is 0 Å². The van der Waals surface area contributed by atoms with Crippen molar-refractivity contribution in [3.8, 4) is 5.75 Å². The van der Waals surface area contributed by atoms with Gasteiger partial charge in [0, 0.05) is 11.0 Å². The number of thiophene rings is 1. The molecule has 10 heteroatoms.